The van der Waals surface area contributed by atoms with Gasteiger partial charge in [0.2, 0.25) is 5.78 Å². The minimum Gasteiger partial charge on any atom is -0.287 e. The maximum Gasteiger partial charge on any atom is 0.302 e. The van der Waals surface area contributed by atoms with Crippen LogP contribution in [0.2, 0.25) is 0 Å². The number of carbonyl (C=O) groups is 1. The number of nitro groups is 2. The number of fused-ring (bicyclic) bond motifs is 2. The third-order valence-electron chi connectivity index (χ3n) is 4.55. The quantitative estimate of drug-likeness (QED) is 0.607. The highest BCUT2D eigenvalue weighted by Crippen LogP contribution is 2.39. The molecule has 1 saturated heterocycles. The summed E-state index contributed by atoms with van der Waals surface area (Å²) >= 11 is 0. The summed E-state index contributed by atoms with van der Waals surface area (Å²) in [5, 5.41) is 23.1. The first-order valence-corrected chi connectivity index (χ1v) is 7.17. The van der Waals surface area contributed by atoms with Crippen LogP contribution in [0.4, 0.5) is 0 Å². The third kappa shape index (κ3) is 2.40. The van der Waals surface area contributed by atoms with Crippen molar-refractivity contribution in [1.82, 2.24) is 4.90 Å². The number of ketones is 1. The Hall–Kier alpha value is -2.61. The van der Waals surface area contributed by atoms with E-state index in [9.17, 15) is 25.0 Å². The maximum atomic E-state index is 12.2. The Morgan fingerprint density at radius 1 is 1.09 bits per heavy atom. The molecule has 0 saturated carbocycles. The molecule has 3 rings (SSSR count). The molecule has 8 heteroatoms. The molecule has 2 atom stereocenters. The van der Waals surface area contributed by atoms with Gasteiger partial charge >= 0.3 is 5.54 Å². The largest absolute Gasteiger partial charge is 0.302 e. The van der Waals surface area contributed by atoms with Gasteiger partial charge in [0.15, 0.2) is 0 Å². The first-order chi connectivity index (χ1) is 10.9. The molecule has 8 nitrogen and oxygen atoms in total. The predicted molar refractivity (Wildman–Crippen MR) is 79.9 cm³/mol. The zero-order valence-electron chi connectivity index (χ0n) is 12.3. The van der Waals surface area contributed by atoms with Crippen molar-refractivity contribution in [2.75, 3.05) is 13.1 Å². The van der Waals surface area contributed by atoms with Crippen molar-refractivity contribution in [3.05, 3.63) is 68.3 Å². The molecule has 1 aliphatic carbocycles. The molecule has 0 amide bonds. The summed E-state index contributed by atoms with van der Waals surface area (Å²) in [5.74, 6) is -0.669. The summed E-state index contributed by atoms with van der Waals surface area (Å²) in [6, 6.07) is 9.20. The molecule has 0 unspecified atom stereocenters. The van der Waals surface area contributed by atoms with Crippen LogP contribution < -0.4 is 0 Å². The first-order valence-electron chi connectivity index (χ1n) is 7.17. The Morgan fingerprint density at radius 2 is 1.78 bits per heavy atom. The monoisotopic (exact) mass is 317 g/mol. The molecule has 2 aliphatic rings. The number of piperidine rings is 1. The lowest BCUT2D eigenvalue weighted by atomic mass is 9.71. The van der Waals surface area contributed by atoms with Gasteiger partial charge in [-0.3, -0.25) is 29.9 Å². The molecule has 2 bridgehead atoms. The van der Waals surface area contributed by atoms with Crippen molar-refractivity contribution in [2.45, 2.75) is 24.0 Å². The van der Waals surface area contributed by atoms with Crippen LogP contribution in [0.5, 0.6) is 0 Å². The van der Waals surface area contributed by atoms with Gasteiger partial charge in [0.25, 0.3) is 5.54 Å². The highest BCUT2D eigenvalue weighted by molar-refractivity contribution is 5.98. The molecule has 0 N–H and O–H groups in total. The van der Waals surface area contributed by atoms with Crippen molar-refractivity contribution in [1.29, 1.82) is 0 Å². The zero-order valence-corrected chi connectivity index (χ0v) is 12.3. The van der Waals surface area contributed by atoms with E-state index in [1.54, 1.807) is 4.90 Å². The van der Waals surface area contributed by atoms with Crippen LogP contribution in [-0.4, -0.2) is 44.7 Å². The van der Waals surface area contributed by atoms with Gasteiger partial charge in [-0.25, -0.2) is 0 Å². The lowest BCUT2D eigenvalue weighted by molar-refractivity contribution is -0.607. The Bertz CT molecular complexity index is 704. The van der Waals surface area contributed by atoms with E-state index in [0.717, 1.165) is 11.6 Å². The second-order valence-corrected chi connectivity index (χ2v) is 6.15. The van der Waals surface area contributed by atoms with Crippen LogP contribution in [0.15, 0.2) is 42.5 Å². The van der Waals surface area contributed by atoms with E-state index >= 15 is 0 Å². The molecule has 1 aromatic rings. The second kappa shape index (κ2) is 5.24. The number of rotatable bonds is 4. The van der Waals surface area contributed by atoms with Crippen LogP contribution in [0.3, 0.4) is 0 Å². The molecular weight excluding hydrogens is 302 g/mol. The molecular formula is C15H15N3O5. The van der Waals surface area contributed by atoms with Gasteiger partial charge in [0.05, 0.1) is 13.1 Å². The van der Waals surface area contributed by atoms with E-state index in [2.05, 4.69) is 0 Å². The van der Waals surface area contributed by atoms with Gasteiger partial charge in [-0.1, -0.05) is 30.3 Å². The molecule has 1 aromatic carbocycles. The van der Waals surface area contributed by atoms with Crippen LogP contribution >= 0.6 is 0 Å². The summed E-state index contributed by atoms with van der Waals surface area (Å²) < 4.78 is 0. The van der Waals surface area contributed by atoms with Crippen LogP contribution in [0.1, 0.15) is 12.0 Å². The maximum absolute atomic E-state index is 12.2. The van der Waals surface area contributed by atoms with Crippen molar-refractivity contribution < 1.29 is 14.6 Å². The number of benzene rings is 1. The van der Waals surface area contributed by atoms with Crippen molar-refractivity contribution >= 4 is 5.78 Å². The standard InChI is InChI=1S/C15H15N3O5/c19-13-6-7-14(17(20)21)9-15(13,18(22)23)11-16(10-14)8-12-4-2-1-3-5-12/h1-7H,8-11H2/t14-,15+/m0/s1. The molecule has 1 heterocycles. The SMILES string of the molecule is O=C1C=C[C@@]2([N+](=O)[O-])CN(Cc3ccccc3)C[C@]1([N+](=O)[O-])C2. The van der Waals surface area contributed by atoms with Gasteiger partial charge in [-0.2, -0.15) is 0 Å². The fourth-order valence-electron chi connectivity index (χ4n) is 3.44. The molecule has 120 valence electrons. The molecule has 1 fully saturated rings. The average molecular weight is 317 g/mol. The van der Waals surface area contributed by atoms with Gasteiger partial charge < -0.3 is 0 Å². The van der Waals surface area contributed by atoms with E-state index in [4.69, 9.17) is 0 Å². The van der Waals surface area contributed by atoms with Gasteiger partial charge in [-0.05, 0) is 17.7 Å². The number of hydrogen-bond donors (Lipinski definition) is 0. The van der Waals surface area contributed by atoms with Crippen molar-refractivity contribution in [3.63, 3.8) is 0 Å². The summed E-state index contributed by atoms with van der Waals surface area (Å²) in [7, 11) is 0. The van der Waals surface area contributed by atoms with Crippen LogP contribution in [0, 0.1) is 20.2 Å². The Morgan fingerprint density at radius 3 is 2.39 bits per heavy atom. The second-order valence-electron chi connectivity index (χ2n) is 6.15. The summed E-state index contributed by atoms with van der Waals surface area (Å²) in [6.07, 6.45) is 1.84. The average Bonchev–Trinajstić information content (AvgIpc) is 2.52. The van der Waals surface area contributed by atoms with Crippen molar-refractivity contribution in [3.8, 4) is 0 Å². The number of hydrogen-bond acceptors (Lipinski definition) is 6. The fraction of sp³-hybridized carbons (Fsp3) is 0.400. The highest BCUT2D eigenvalue weighted by atomic mass is 16.6. The zero-order chi connectivity index (χ0) is 16.7. The van der Waals surface area contributed by atoms with Gasteiger partial charge in [0.1, 0.15) is 6.42 Å². The van der Waals surface area contributed by atoms with E-state index in [0.29, 0.717) is 6.54 Å². The van der Waals surface area contributed by atoms with Crippen LogP contribution in [-0.2, 0) is 11.3 Å². The summed E-state index contributed by atoms with van der Waals surface area (Å²) in [6.45, 7) is 0.259. The van der Waals surface area contributed by atoms with E-state index in [-0.39, 0.29) is 19.5 Å². The molecule has 0 aromatic heterocycles. The molecule has 1 aliphatic heterocycles. The lowest BCUT2D eigenvalue weighted by Crippen LogP contribution is -2.68. The minimum absolute atomic E-state index is 0.0499. The molecule has 0 spiro atoms. The number of likely N-dealkylation sites (tertiary alicyclic amines) is 1. The lowest BCUT2D eigenvalue weighted by Gasteiger charge is -2.42. The normalized spacial score (nSPS) is 30.2. The highest BCUT2D eigenvalue weighted by Gasteiger charge is 2.66. The first kappa shape index (κ1) is 15.3. The fourth-order valence-corrected chi connectivity index (χ4v) is 3.44. The topological polar surface area (TPSA) is 107 Å². The minimum atomic E-state index is -1.94. The van der Waals surface area contributed by atoms with Gasteiger partial charge in [-0.15, -0.1) is 0 Å². The smallest absolute Gasteiger partial charge is 0.287 e. The summed E-state index contributed by atoms with van der Waals surface area (Å²) in [5.41, 5.74) is -2.64. The Labute approximate surface area is 131 Å². The number of carbonyl (C=O) groups excluding carboxylic acids is 1. The Balaban J connectivity index is 1.99. The van der Waals surface area contributed by atoms with Crippen molar-refractivity contribution in [2.24, 2.45) is 0 Å². The third-order valence-corrected chi connectivity index (χ3v) is 4.55. The Kier molecular flexibility index (Phi) is 3.48. The number of nitrogens with zero attached hydrogens (tertiary/aromatic N) is 3. The van der Waals surface area contributed by atoms with E-state index < -0.39 is 26.7 Å². The molecule has 0 radical (unpaired) electrons. The van der Waals surface area contributed by atoms with Crippen LogP contribution in [0.25, 0.3) is 0 Å². The van der Waals surface area contributed by atoms with E-state index in [1.165, 1.54) is 6.08 Å². The van der Waals surface area contributed by atoms with E-state index in [1.807, 2.05) is 30.3 Å². The predicted octanol–water partition coefficient (Wildman–Crippen LogP) is 1.06. The van der Waals surface area contributed by atoms with Gasteiger partial charge in [0, 0.05) is 16.4 Å². The molecule has 23 heavy (non-hydrogen) atoms. The summed E-state index contributed by atoms with van der Waals surface area (Å²) in [4.78, 5) is 35.7.